The summed E-state index contributed by atoms with van der Waals surface area (Å²) in [7, 11) is 0. The first kappa shape index (κ1) is 32.1. The molecule has 2 rings (SSSR count). The molecule has 0 amide bonds. The van der Waals surface area contributed by atoms with Crippen molar-refractivity contribution in [2.45, 2.75) is 70.1 Å². The highest BCUT2D eigenvalue weighted by Crippen LogP contribution is 2.45. The highest BCUT2D eigenvalue weighted by Gasteiger charge is 2.46. The molecule has 0 saturated heterocycles. The molecule has 6 atom stereocenters. The highest BCUT2D eigenvalue weighted by molar-refractivity contribution is 5.37. The summed E-state index contributed by atoms with van der Waals surface area (Å²) >= 11 is 0. The minimum atomic E-state index is -4.89. The van der Waals surface area contributed by atoms with Gasteiger partial charge in [0.1, 0.15) is 35.4 Å². The molecule has 2 aliphatic rings. The second-order valence-electron chi connectivity index (χ2n) is 9.57. The summed E-state index contributed by atoms with van der Waals surface area (Å²) in [5, 5.41) is 0. The quantitative estimate of drug-likeness (QED) is 0.169. The summed E-state index contributed by atoms with van der Waals surface area (Å²) in [6.45, 7) is 3.71. The second kappa shape index (κ2) is 13.3. The largest absolute Gasteiger partial charge is 0.391 e. The average molecular weight is 566 g/mol. The molecule has 0 aromatic rings. The molecule has 0 fully saturated rings. The van der Waals surface area contributed by atoms with Crippen molar-refractivity contribution in [1.82, 2.24) is 0 Å². The van der Waals surface area contributed by atoms with Crippen LogP contribution in [0.25, 0.3) is 0 Å². The molecule has 0 aromatic heterocycles. The van der Waals surface area contributed by atoms with Crippen LogP contribution in [0, 0.1) is 23.7 Å². The summed E-state index contributed by atoms with van der Waals surface area (Å²) in [4.78, 5) is 0. The Labute approximate surface area is 213 Å². The van der Waals surface area contributed by atoms with Crippen molar-refractivity contribution in [3.63, 3.8) is 0 Å². The fraction of sp³-hybridized carbons (Fsp3) is 0.615. The van der Waals surface area contributed by atoms with Crippen LogP contribution in [0.3, 0.4) is 0 Å². The van der Waals surface area contributed by atoms with Crippen LogP contribution in [0.4, 0.5) is 48.3 Å². The fourth-order valence-corrected chi connectivity index (χ4v) is 4.49. The molecule has 0 aromatic carbocycles. The lowest BCUT2D eigenvalue weighted by Gasteiger charge is -2.30. The van der Waals surface area contributed by atoms with E-state index in [1.807, 2.05) is 0 Å². The highest BCUT2D eigenvalue weighted by atomic mass is 19.4. The van der Waals surface area contributed by atoms with Crippen molar-refractivity contribution in [3.05, 3.63) is 59.8 Å². The maximum absolute atomic E-state index is 15.0. The molecule has 0 radical (unpaired) electrons. The van der Waals surface area contributed by atoms with Gasteiger partial charge < -0.3 is 4.74 Å². The third-order valence-electron chi connectivity index (χ3n) is 6.49. The van der Waals surface area contributed by atoms with Crippen molar-refractivity contribution >= 4 is 0 Å². The van der Waals surface area contributed by atoms with Gasteiger partial charge in [-0.25, -0.2) is 26.3 Å². The fourth-order valence-electron chi connectivity index (χ4n) is 4.49. The van der Waals surface area contributed by atoms with Gasteiger partial charge in [0, 0.05) is 18.8 Å². The number of hydrogen-bond donors (Lipinski definition) is 0. The predicted molar refractivity (Wildman–Crippen MR) is 120 cm³/mol. The van der Waals surface area contributed by atoms with Crippen LogP contribution in [0.2, 0.25) is 0 Å². The Bertz CT molecular complexity index is 947. The van der Waals surface area contributed by atoms with Crippen molar-refractivity contribution in [2.75, 3.05) is 6.61 Å². The van der Waals surface area contributed by atoms with E-state index in [1.165, 1.54) is 6.08 Å². The van der Waals surface area contributed by atoms with E-state index >= 15 is 4.39 Å². The molecule has 0 N–H and O–H groups in total. The first-order valence-electron chi connectivity index (χ1n) is 12.0. The van der Waals surface area contributed by atoms with Gasteiger partial charge in [-0.3, -0.25) is 0 Å². The predicted octanol–water partition coefficient (Wildman–Crippen LogP) is 9.66. The van der Waals surface area contributed by atoms with Gasteiger partial charge in [-0.2, -0.15) is 22.0 Å². The van der Waals surface area contributed by atoms with Crippen molar-refractivity contribution in [3.8, 4) is 0 Å². The third kappa shape index (κ3) is 8.98. The number of alkyl halides is 7. The third-order valence-corrected chi connectivity index (χ3v) is 6.49. The zero-order chi connectivity index (χ0) is 28.8. The molecule has 0 bridgehead atoms. The number of halogens is 11. The van der Waals surface area contributed by atoms with Gasteiger partial charge in [-0.05, 0) is 43.3 Å². The zero-order valence-electron chi connectivity index (χ0n) is 20.5. The Kier molecular flexibility index (Phi) is 11.2. The van der Waals surface area contributed by atoms with E-state index in [1.54, 1.807) is 6.92 Å². The van der Waals surface area contributed by atoms with E-state index in [-0.39, 0.29) is 12.3 Å². The van der Waals surface area contributed by atoms with E-state index in [0.717, 1.165) is 6.08 Å². The Balaban J connectivity index is 2.15. The van der Waals surface area contributed by atoms with Gasteiger partial charge in [0.2, 0.25) is 0 Å². The van der Waals surface area contributed by atoms with Crippen LogP contribution in [-0.2, 0) is 4.74 Å². The Morgan fingerprint density at radius 3 is 2.32 bits per heavy atom. The van der Waals surface area contributed by atoms with Gasteiger partial charge >= 0.3 is 12.3 Å². The maximum Gasteiger partial charge on any atom is 0.391 e. The first-order valence-corrected chi connectivity index (χ1v) is 12.0. The van der Waals surface area contributed by atoms with E-state index < -0.39 is 97.1 Å². The lowest BCUT2D eigenvalue weighted by Crippen LogP contribution is -2.31. The van der Waals surface area contributed by atoms with Crippen LogP contribution in [0.5, 0.6) is 0 Å². The Hall–Kier alpha value is -2.11. The summed E-state index contributed by atoms with van der Waals surface area (Å²) < 4.78 is 156. The smallest absolute Gasteiger partial charge is 0.316 e. The molecule has 2 aliphatic carbocycles. The number of allylic oxidation sites excluding steroid dienone is 7. The summed E-state index contributed by atoms with van der Waals surface area (Å²) in [5.41, 5.74) is -1.89. The Morgan fingerprint density at radius 1 is 1.11 bits per heavy atom. The molecular weight excluding hydrogens is 537 g/mol. The van der Waals surface area contributed by atoms with Gasteiger partial charge in [-0.15, -0.1) is 6.58 Å². The molecule has 0 aliphatic heterocycles. The number of ether oxygens (including phenoxy) is 1. The molecular formula is C26H29F11O. The zero-order valence-corrected chi connectivity index (χ0v) is 20.5. The summed E-state index contributed by atoms with van der Waals surface area (Å²) in [6, 6.07) is 0. The molecule has 12 heteroatoms. The van der Waals surface area contributed by atoms with E-state index in [9.17, 15) is 43.9 Å². The Morgan fingerprint density at radius 2 is 1.76 bits per heavy atom. The van der Waals surface area contributed by atoms with Crippen molar-refractivity contribution in [1.29, 1.82) is 0 Å². The number of rotatable bonds is 12. The minimum Gasteiger partial charge on any atom is -0.316 e. The second-order valence-corrected chi connectivity index (χ2v) is 9.57. The van der Waals surface area contributed by atoms with Crippen molar-refractivity contribution in [2.24, 2.45) is 23.7 Å². The molecule has 1 nitrogen and oxygen atoms in total. The summed E-state index contributed by atoms with van der Waals surface area (Å²) in [6.07, 6.45) is -14.1. The van der Waals surface area contributed by atoms with Crippen LogP contribution < -0.4 is 0 Å². The van der Waals surface area contributed by atoms with Crippen molar-refractivity contribution < 1.29 is 53.0 Å². The van der Waals surface area contributed by atoms with Gasteiger partial charge in [-0.1, -0.05) is 19.1 Å². The van der Waals surface area contributed by atoms with Crippen LogP contribution >= 0.6 is 0 Å². The molecule has 38 heavy (non-hydrogen) atoms. The van der Waals surface area contributed by atoms with Crippen LogP contribution in [0.1, 0.15) is 45.4 Å². The van der Waals surface area contributed by atoms with Crippen LogP contribution in [0.15, 0.2) is 59.8 Å². The average Bonchev–Trinajstić information content (AvgIpc) is 2.76. The topological polar surface area (TPSA) is 9.23 Å². The van der Waals surface area contributed by atoms with Gasteiger partial charge in [0.15, 0.2) is 0 Å². The molecule has 0 heterocycles. The first-order chi connectivity index (χ1) is 17.6. The summed E-state index contributed by atoms with van der Waals surface area (Å²) in [5.74, 6) is -9.39. The molecule has 2 unspecified atom stereocenters. The van der Waals surface area contributed by atoms with E-state index in [2.05, 4.69) is 11.3 Å². The lowest BCUT2D eigenvalue weighted by atomic mass is 9.79. The van der Waals surface area contributed by atoms with E-state index in [4.69, 9.17) is 0 Å². The number of hydrogen-bond acceptors (Lipinski definition) is 1. The lowest BCUT2D eigenvalue weighted by molar-refractivity contribution is -0.213. The van der Waals surface area contributed by atoms with E-state index in [0.29, 0.717) is 25.0 Å². The monoisotopic (exact) mass is 566 g/mol. The SMILES string of the molecule is C=CC(F)[C@@H](/C(F)=C\C[C@H]1CC[C@@H](C)C=C1F)[C@H]1C=C(F)C(C(F)(F)OCCC(F)CC(F)(F)F)=C(F)C1. The molecule has 0 spiro atoms. The minimum absolute atomic E-state index is 0.00326. The molecule has 0 saturated carbocycles. The van der Waals surface area contributed by atoms with Gasteiger partial charge in [0.25, 0.3) is 0 Å². The molecule has 216 valence electrons. The maximum atomic E-state index is 15.0. The standard InChI is InChI=1S/C26H29F11O/c1-3-18(28)23(19(29)7-6-15-5-4-14(2)10-20(15)30)16-11-21(31)24(22(32)12-16)26(36,37)38-9-8-17(27)13-25(33,34)35/h3,7,10-11,14-18,23H,1,4-6,8-9,12-13H2,2H3/b19-7+/t14-,15-,16+,17?,18?,23+/m1/s1. The normalized spacial score (nSPS) is 26.0. The van der Waals surface area contributed by atoms with Crippen LogP contribution in [-0.4, -0.2) is 31.2 Å². The van der Waals surface area contributed by atoms with Gasteiger partial charge in [0.05, 0.1) is 24.8 Å².